The molecule has 1 aliphatic heterocycles. The van der Waals surface area contributed by atoms with Gasteiger partial charge in [-0.1, -0.05) is 24.3 Å². The summed E-state index contributed by atoms with van der Waals surface area (Å²) in [7, 11) is 1.38. The monoisotopic (exact) mass is 451 g/mol. The quantitative estimate of drug-likeness (QED) is 0.493. The average Bonchev–Trinajstić information content (AvgIpc) is 3.23. The van der Waals surface area contributed by atoms with Gasteiger partial charge in [0, 0.05) is 44.0 Å². The first-order valence-corrected chi connectivity index (χ1v) is 12.1. The second-order valence-electron chi connectivity index (χ2n) is 8.31. The zero-order chi connectivity index (χ0) is 24.0. The van der Waals surface area contributed by atoms with Gasteiger partial charge in [-0.3, -0.25) is 4.79 Å². The molecule has 1 aliphatic rings. The number of likely N-dealkylation sites (tertiary alicyclic amines) is 1. The third kappa shape index (κ3) is 5.15. The number of nitrogens with zero attached hydrogens (tertiary/aromatic N) is 3. The smallest absolute Gasteiger partial charge is 0.328 e. The van der Waals surface area contributed by atoms with Crippen molar-refractivity contribution in [3.8, 4) is 0 Å². The normalized spacial score (nSPS) is 15.8. The van der Waals surface area contributed by atoms with Crippen LogP contribution in [0.2, 0.25) is 0 Å². The molecule has 0 spiro atoms. The third-order valence-electron chi connectivity index (χ3n) is 6.68. The van der Waals surface area contributed by atoms with E-state index < -0.39 is 6.04 Å². The molecule has 0 bridgehead atoms. The first-order valence-electron chi connectivity index (χ1n) is 12.1. The second-order valence-corrected chi connectivity index (χ2v) is 8.31. The van der Waals surface area contributed by atoms with Crippen LogP contribution in [0.1, 0.15) is 57.7 Å². The van der Waals surface area contributed by atoms with E-state index in [-0.39, 0.29) is 17.9 Å². The predicted molar refractivity (Wildman–Crippen MR) is 134 cm³/mol. The largest absolute Gasteiger partial charge is 0.467 e. The van der Waals surface area contributed by atoms with Crippen molar-refractivity contribution in [2.75, 3.05) is 43.1 Å². The molecule has 1 amide bonds. The van der Waals surface area contributed by atoms with Crippen LogP contribution in [-0.2, 0) is 14.3 Å². The fourth-order valence-corrected chi connectivity index (χ4v) is 4.82. The van der Waals surface area contributed by atoms with Crippen molar-refractivity contribution in [3.63, 3.8) is 0 Å². The first kappa shape index (κ1) is 24.6. The Balaban J connectivity index is 2.05. The minimum absolute atomic E-state index is 0.0176. The molecule has 1 fully saturated rings. The Morgan fingerprint density at radius 2 is 1.30 bits per heavy atom. The molecular weight excluding hydrogens is 414 g/mol. The lowest BCUT2D eigenvalue weighted by Gasteiger charge is -2.33. The molecule has 2 aromatic rings. The van der Waals surface area contributed by atoms with Crippen LogP contribution in [-0.4, -0.2) is 56.1 Å². The number of benzene rings is 2. The molecule has 1 unspecified atom stereocenters. The van der Waals surface area contributed by atoms with Gasteiger partial charge in [0.1, 0.15) is 6.04 Å². The number of carbonyl (C=O) groups is 2. The highest BCUT2D eigenvalue weighted by Crippen LogP contribution is 2.37. The lowest BCUT2D eigenvalue weighted by molar-refractivity contribution is -0.150. The van der Waals surface area contributed by atoms with Gasteiger partial charge in [-0.15, -0.1) is 0 Å². The molecule has 1 atom stereocenters. The van der Waals surface area contributed by atoms with Gasteiger partial charge in [-0.25, -0.2) is 4.79 Å². The maximum Gasteiger partial charge on any atom is 0.328 e. The highest BCUT2D eigenvalue weighted by molar-refractivity contribution is 5.89. The zero-order valence-electron chi connectivity index (χ0n) is 20.6. The molecule has 178 valence electrons. The Bertz CT molecular complexity index is 863. The van der Waals surface area contributed by atoms with E-state index in [9.17, 15) is 9.59 Å². The summed E-state index contributed by atoms with van der Waals surface area (Å²) in [5.41, 5.74) is 4.28. The molecule has 1 heterocycles. The van der Waals surface area contributed by atoms with E-state index in [2.05, 4.69) is 86.0 Å². The number of hydrogen-bond acceptors (Lipinski definition) is 5. The number of rotatable bonds is 10. The molecule has 3 rings (SSSR count). The summed E-state index contributed by atoms with van der Waals surface area (Å²) in [6, 6.07) is 15.8. The van der Waals surface area contributed by atoms with Gasteiger partial charge in [0.15, 0.2) is 0 Å². The number of ether oxygens (including phenoxy) is 1. The second kappa shape index (κ2) is 11.2. The highest BCUT2D eigenvalue weighted by atomic mass is 16.5. The van der Waals surface area contributed by atoms with Crippen molar-refractivity contribution < 1.29 is 14.3 Å². The van der Waals surface area contributed by atoms with Crippen LogP contribution in [0.5, 0.6) is 0 Å². The summed E-state index contributed by atoms with van der Waals surface area (Å²) < 4.78 is 5.05. The topological polar surface area (TPSA) is 53.1 Å². The standard InChI is InChI=1S/C27H37N3O3/c1-6-28(7-2)22-14-10-20(11-15-22)26(30-24(27(32)33-5)18-19-25(30)31)21-12-16-23(17-13-21)29(8-3)9-4/h10-17,24,26H,6-9,18-19H2,1-5H3. The number of methoxy groups -OCH3 is 1. The maximum atomic E-state index is 13.0. The molecular formula is C27H37N3O3. The van der Waals surface area contributed by atoms with Crippen LogP contribution in [0.25, 0.3) is 0 Å². The third-order valence-corrected chi connectivity index (χ3v) is 6.68. The van der Waals surface area contributed by atoms with E-state index in [0.29, 0.717) is 12.8 Å². The zero-order valence-corrected chi connectivity index (χ0v) is 20.6. The summed E-state index contributed by atoms with van der Waals surface area (Å²) in [5.74, 6) is -0.374. The molecule has 0 saturated carbocycles. The molecule has 0 N–H and O–H groups in total. The molecule has 0 aromatic heterocycles. The van der Waals surface area contributed by atoms with E-state index in [4.69, 9.17) is 4.74 Å². The number of amides is 1. The lowest BCUT2D eigenvalue weighted by Crippen LogP contribution is -2.42. The summed E-state index contributed by atoms with van der Waals surface area (Å²) in [6.07, 6.45) is 0.836. The first-order chi connectivity index (χ1) is 16.0. The van der Waals surface area contributed by atoms with Crippen LogP contribution >= 0.6 is 0 Å². The fourth-order valence-electron chi connectivity index (χ4n) is 4.82. The van der Waals surface area contributed by atoms with Crippen LogP contribution < -0.4 is 9.80 Å². The average molecular weight is 452 g/mol. The van der Waals surface area contributed by atoms with Crippen molar-refractivity contribution in [1.82, 2.24) is 4.90 Å². The summed E-state index contributed by atoms with van der Waals surface area (Å²) in [4.78, 5) is 31.9. The van der Waals surface area contributed by atoms with E-state index >= 15 is 0 Å². The Kier molecular flexibility index (Phi) is 8.37. The maximum absolute atomic E-state index is 13.0. The molecule has 0 radical (unpaired) electrons. The van der Waals surface area contributed by atoms with Gasteiger partial charge in [0.25, 0.3) is 0 Å². The number of carbonyl (C=O) groups excluding carboxylic acids is 2. The Morgan fingerprint density at radius 3 is 1.67 bits per heavy atom. The molecule has 6 heteroatoms. The van der Waals surface area contributed by atoms with E-state index in [0.717, 1.165) is 48.7 Å². The Labute approximate surface area is 198 Å². The van der Waals surface area contributed by atoms with E-state index in [1.807, 2.05) is 0 Å². The van der Waals surface area contributed by atoms with Crippen molar-refractivity contribution in [2.45, 2.75) is 52.6 Å². The van der Waals surface area contributed by atoms with Crippen molar-refractivity contribution in [3.05, 3.63) is 59.7 Å². The van der Waals surface area contributed by atoms with Crippen molar-refractivity contribution in [1.29, 1.82) is 0 Å². The van der Waals surface area contributed by atoms with Crippen LogP contribution in [0.3, 0.4) is 0 Å². The number of anilines is 2. The van der Waals surface area contributed by atoms with E-state index in [1.54, 1.807) is 4.90 Å². The van der Waals surface area contributed by atoms with Crippen molar-refractivity contribution in [2.24, 2.45) is 0 Å². The van der Waals surface area contributed by atoms with Gasteiger partial charge >= 0.3 is 5.97 Å². The summed E-state index contributed by atoms with van der Waals surface area (Å²) >= 11 is 0. The molecule has 6 nitrogen and oxygen atoms in total. The molecule has 2 aromatic carbocycles. The minimum Gasteiger partial charge on any atom is -0.467 e. The number of hydrogen-bond donors (Lipinski definition) is 0. The molecule has 0 aliphatic carbocycles. The molecule has 33 heavy (non-hydrogen) atoms. The van der Waals surface area contributed by atoms with E-state index in [1.165, 1.54) is 7.11 Å². The van der Waals surface area contributed by atoms with Gasteiger partial charge in [0.05, 0.1) is 13.2 Å². The van der Waals surface area contributed by atoms with Gasteiger partial charge < -0.3 is 19.4 Å². The minimum atomic E-state index is -0.572. The number of esters is 1. The van der Waals surface area contributed by atoms with Crippen LogP contribution in [0, 0.1) is 0 Å². The highest BCUT2D eigenvalue weighted by Gasteiger charge is 2.42. The SMILES string of the molecule is CCN(CC)c1ccc(C(c2ccc(N(CC)CC)cc2)N2C(=O)CCC2C(=O)OC)cc1. The van der Waals surface area contributed by atoms with Crippen LogP contribution in [0.15, 0.2) is 48.5 Å². The summed E-state index contributed by atoms with van der Waals surface area (Å²) in [5, 5.41) is 0. The van der Waals surface area contributed by atoms with Crippen LogP contribution in [0.4, 0.5) is 11.4 Å². The lowest BCUT2D eigenvalue weighted by atomic mass is 9.95. The van der Waals surface area contributed by atoms with Gasteiger partial charge in [0.2, 0.25) is 5.91 Å². The fraction of sp³-hybridized carbons (Fsp3) is 0.481. The Hall–Kier alpha value is -3.02. The predicted octanol–water partition coefficient (Wildman–Crippen LogP) is 4.63. The van der Waals surface area contributed by atoms with Gasteiger partial charge in [-0.2, -0.15) is 0 Å². The van der Waals surface area contributed by atoms with Crippen molar-refractivity contribution >= 4 is 23.3 Å². The summed E-state index contributed by atoms with van der Waals surface area (Å²) in [6.45, 7) is 12.3. The molecule has 1 saturated heterocycles. The Morgan fingerprint density at radius 1 is 0.879 bits per heavy atom. The van der Waals surface area contributed by atoms with Gasteiger partial charge in [-0.05, 0) is 69.5 Å².